The minimum Gasteiger partial charge on any atom is -0.308 e. The normalized spacial score (nSPS) is 13.3. The van der Waals surface area contributed by atoms with Crippen LogP contribution < -0.4 is 5.32 Å². The second-order valence-electron chi connectivity index (χ2n) is 4.34. The number of nitrogens with one attached hydrogen (secondary N) is 1. The molecule has 1 aromatic rings. The number of hydrogen-bond acceptors (Lipinski definition) is 3. The molecule has 1 aromatic heterocycles. The van der Waals surface area contributed by atoms with Crippen molar-refractivity contribution >= 4 is 0 Å². The Morgan fingerprint density at radius 1 is 1.44 bits per heavy atom. The molecule has 1 heterocycles. The maximum Gasteiger partial charge on any atom is 0.0620 e. The molecule has 0 fully saturated rings. The Morgan fingerprint density at radius 3 is 2.75 bits per heavy atom. The molecule has 1 rings (SSSR count). The van der Waals surface area contributed by atoms with E-state index in [4.69, 9.17) is 0 Å². The van der Waals surface area contributed by atoms with Gasteiger partial charge in [0.1, 0.15) is 0 Å². The summed E-state index contributed by atoms with van der Waals surface area (Å²) in [7, 11) is 4.21. The van der Waals surface area contributed by atoms with Crippen molar-refractivity contribution < 1.29 is 0 Å². The quantitative estimate of drug-likeness (QED) is 0.762. The zero-order valence-corrected chi connectivity index (χ0v) is 10.9. The third kappa shape index (κ3) is 3.61. The van der Waals surface area contributed by atoms with Crippen LogP contribution in [0.25, 0.3) is 0 Å². The van der Waals surface area contributed by atoms with Crippen LogP contribution in [-0.4, -0.2) is 41.9 Å². The van der Waals surface area contributed by atoms with Crippen molar-refractivity contribution in [2.45, 2.75) is 32.9 Å². The number of aromatic nitrogens is 2. The molecule has 16 heavy (non-hydrogen) atoms. The van der Waals surface area contributed by atoms with E-state index in [1.165, 1.54) is 5.69 Å². The molecule has 0 aliphatic rings. The minimum absolute atomic E-state index is 0.373. The summed E-state index contributed by atoms with van der Waals surface area (Å²) in [6.45, 7) is 7.30. The Balaban J connectivity index is 2.74. The lowest BCUT2D eigenvalue weighted by Gasteiger charge is -2.23. The van der Waals surface area contributed by atoms with Crippen LogP contribution in [0, 0.1) is 0 Å². The Kier molecular flexibility index (Phi) is 5.49. The highest BCUT2D eigenvalue weighted by molar-refractivity contribution is 5.07. The first kappa shape index (κ1) is 13.2. The minimum atomic E-state index is 0.373. The van der Waals surface area contributed by atoms with Crippen LogP contribution in [0.3, 0.4) is 0 Å². The van der Waals surface area contributed by atoms with E-state index in [1.54, 1.807) is 0 Å². The van der Waals surface area contributed by atoms with Gasteiger partial charge in [0.2, 0.25) is 0 Å². The average molecular weight is 224 g/mol. The van der Waals surface area contributed by atoms with Gasteiger partial charge in [0, 0.05) is 19.3 Å². The summed E-state index contributed by atoms with van der Waals surface area (Å²) in [6, 6.07) is 2.48. The summed E-state index contributed by atoms with van der Waals surface area (Å²) in [5.41, 5.74) is 1.28. The molecule has 1 N–H and O–H groups in total. The molecule has 0 amide bonds. The molecule has 4 nitrogen and oxygen atoms in total. The fourth-order valence-electron chi connectivity index (χ4n) is 1.85. The summed E-state index contributed by atoms with van der Waals surface area (Å²) in [6.07, 6.45) is 3.04. The van der Waals surface area contributed by atoms with Gasteiger partial charge >= 0.3 is 0 Å². The van der Waals surface area contributed by atoms with Crippen LogP contribution in [0.2, 0.25) is 0 Å². The lowest BCUT2D eigenvalue weighted by Crippen LogP contribution is -2.33. The first-order chi connectivity index (χ1) is 7.69. The zero-order valence-electron chi connectivity index (χ0n) is 10.9. The van der Waals surface area contributed by atoms with Crippen molar-refractivity contribution in [3.05, 3.63) is 18.0 Å². The van der Waals surface area contributed by atoms with Gasteiger partial charge in [0.05, 0.1) is 11.7 Å². The maximum absolute atomic E-state index is 4.33. The first-order valence-corrected chi connectivity index (χ1v) is 6.08. The molecule has 0 spiro atoms. The molecule has 0 aliphatic carbocycles. The summed E-state index contributed by atoms with van der Waals surface area (Å²) >= 11 is 0. The van der Waals surface area contributed by atoms with Gasteiger partial charge in [-0.2, -0.15) is 5.10 Å². The van der Waals surface area contributed by atoms with E-state index in [9.17, 15) is 0 Å². The molecule has 4 heteroatoms. The number of rotatable bonds is 7. The van der Waals surface area contributed by atoms with Crippen molar-refractivity contribution in [3.63, 3.8) is 0 Å². The second-order valence-corrected chi connectivity index (χ2v) is 4.34. The van der Waals surface area contributed by atoms with Gasteiger partial charge in [-0.15, -0.1) is 0 Å². The summed E-state index contributed by atoms with van der Waals surface area (Å²) in [5.74, 6) is 0. The molecule has 0 radical (unpaired) electrons. The average Bonchev–Trinajstić information content (AvgIpc) is 2.71. The van der Waals surface area contributed by atoms with Gasteiger partial charge in [-0.25, -0.2) is 0 Å². The molecule has 0 aliphatic heterocycles. The van der Waals surface area contributed by atoms with Crippen LogP contribution in [0.15, 0.2) is 12.3 Å². The molecular weight excluding hydrogens is 200 g/mol. The van der Waals surface area contributed by atoms with E-state index in [0.29, 0.717) is 6.04 Å². The summed E-state index contributed by atoms with van der Waals surface area (Å²) in [4.78, 5) is 2.21. The van der Waals surface area contributed by atoms with E-state index in [0.717, 1.165) is 26.1 Å². The molecular formula is C12H24N4. The van der Waals surface area contributed by atoms with Crippen molar-refractivity contribution in [3.8, 4) is 0 Å². The van der Waals surface area contributed by atoms with Gasteiger partial charge in [0.15, 0.2) is 0 Å². The number of aryl methyl sites for hydroxylation is 1. The predicted octanol–water partition coefficient (Wildman–Crippen LogP) is 1.51. The first-order valence-electron chi connectivity index (χ1n) is 6.08. The summed E-state index contributed by atoms with van der Waals surface area (Å²) in [5, 5.41) is 7.90. The zero-order chi connectivity index (χ0) is 12.0. The van der Waals surface area contributed by atoms with Gasteiger partial charge in [-0.3, -0.25) is 4.68 Å². The van der Waals surface area contributed by atoms with E-state index >= 15 is 0 Å². The van der Waals surface area contributed by atoms with Crippen LogP contribution in [0.4, 0.5) is 0 Å². The van der Waals surface area contributed by atoms with Gasteiger partial charge < -0.3 is 10.2 Å². The molecule has 92 valence electrons. The molecule has 0 saturated heterocycles. The number of hydrogen-bond donors (Lipinski definition) is 1. The lowest BCUT2D eigenvalue weighted by atomic mass is 10.2. The smallest absolute Gasteiger partial charge is 0.0620 e. The Morgan fingerprint density at radius 2 is 2.19 bits per heavy atom. The highest BCUT2D eigenvalue weighted by Gasteiger charge is 2.15. The topological polar surface area (TPSA) is 33.1 Å². The van der Waals surface area contributed by atoms with E-state index in [2.05, 4.69) is 54.0 Å². The van der Waals surface area contributed by atoms with Crippen molar-refractivity contribution in [2.75, 3.05) is 27.2 Å². The molecule has 0 bridgehead atoms. The lowest BCUT2D eigenvalue weighted by molar-refractivity contribution is 0.330. The third-order valence-corrected chi connectivity index (χ3v) is 2.59. The standard InChI is InChI=1S/C12H24N4/c1-5-8-13-11(10-15(3)4)12-7-9-14-16(12)6-2/h7,9,11,13H,5-6,8,10H2,1-4H3. The van der Waals surface area contributed by atoms with Crippen molar-refractivity contribution in [2.24, 2.45) is 0 Å². The van der Waals surface area contributed by atoms with Gasteiger partial charge in [0.25, 0.3) is 0 Å². The summed E-state index contributed by atoms with van der Waals surface area (Å²) < 4.78 is 2.07. The fourth-order valence-corrected chi connectivity index (χ4v) is 1.85. The Labute approximate surface area is 98.6 Å². The van der Waals surface area contributed by atoms with Crippen LogP contribution in [-0.2, 0) is 6.54 Å². The molecule has 1 unspecified atom stereocenters. The second kappa shape index (κ2) is 6.66. The predicted molar refractivity (Wildman–Crippen MR) is 67.5 cm³/mol. The maximum atomic E-state index is 4.33. The van der Waals surface area contributed by atoms with E-state index in [1.807, 2.05) is 6.20 Å². The largest absolute Gasteiger partial charge is 0.308 e. The molecule has 0 saturated carbocycles. The van der Waals surface area contributed by atoms with Gasteiger partial charge in [-0.05, 0) is 40.1 Å². The number of nitrogens with zero attached hydrogens (tertiary/aromatic N) is 3. The highest BCUT2D eigenvalue weighted by Crippen LogP contribution is 2.13. The molecule has 1 atom stereocenters. The Hall–Kier alpha value is -0.870. The van der Waals surface area contributed by atoms with E-state index < -0.39 is 0 Å². The monoisotopic (exact) mass is 224 g/mol. The van der Waals surface area contributed by atoms with Crippen LogP contribution in [0.1, 0.15) is 32.0 Å². The van der Waals surface area contributed by atoms with Crippen LogP contribution in [0.5, 0.6) is 0 Å². The van der Waals surface area contributed by atoms with Gasteiger partial charge in [-0.1, -0.05) is 6.92 Å². The van der Waals surface area contributed by atoms with E-state index in [-0.39, 0.29) is 0 Å². The fraction of sp³-hybridized carbons (Fsp3) is 0.750. The highest BCUT2D eigenvalue weighted by atomic mass is 15.3. The van der Waals surface area contributed by atoms with Crippen molar-refractivity contribution in [1.29, 1.82) is 0 Å². The molecule has 0 aromatic carbocycles. The SMILES string of the molecule is CCCNC(CN(C)C)c1ccnn1CC. The number of likely N-dealkylation sites (N-methyl/N-ethyl adjacent to an activating group) is 1. The van der Waals surface area contributed by atoms with Crippen molar-refractivity contribution in [1.82, 2.24) is 20.0 Å². The Bertz CT molecular complexity index is 293. The van der Waals surface area contributed by atoms with Crippen LogP contribution >= 0.6 is 0 Å². The third-order valence-electron chi connectivity index (χ3n) is 2.59.